The van der Waals surface area contributed by atoms with E-state index in [2.05, 4.69) is 21.3 Å². The first-order valence-electron chi connectivity index (χ1n) is 34.5. The fraction of sp³-hybridized carbons (Fsp3) is 0.542. The van der Waals surface area contributed by atoms with Crippen LogP contribution in [0.2, 0.25) is 0 Å². The normalized spacial score (nSPS) is 17.9. The number of rotatable bonds is 46. The lowest BCUT2D eigenvalue weighted by Crippen LogP contribution is -2.53. The third kappa shape index (κ3) is 22.9. The van der Waals surface area contributed by atoms with Crippen molar-refractivity contribution in [2.24, 2.45) is 21.8 Å². The molecule has 9 rings (SSSR count). The molecule has 5 atom stereocenters. The Morgan fingerprint density at radius 3 is 1.57 bits per heavy atom. The lowest BCUT2D eigenvalue weighted by molar-refractivity contribution is -0.132. The number of ether oxygens (including phenoxy) is 12. The van der Waals surface area contributed by atoms with E-state index in [4.69, 9.17) is 66.8 Å². The van der Waals surface area contributed by atoms with Crippen LogP contribution in [-0.4, -0.2) is 250 Å². The van der Waals surface area contributed by atoms with Crippen LogP contribution in [0.25, 0.3) is 5.57 Å². The summed E-state index contributed by atoms with van der Waals surface area (Å²) in [6, 6.07) is 11.7. The fourth-order valence-corrected chi connectivity index (χ4v) is 11.4. The number of benzene rings is 3. The number of nitrogens with zero attached hydrogens (tertiary/aromatic N) is 5. The van der Waals surface area contributed by atoms with Gasteiger partial charge in [0.2, 0.25) is 29.5 Å². The number of amides is 7. The Kier molecular flexibility index (Phi) is 30.0. The number of aliphatic hydroxyl groups excluding tert-OH is 1. The van der Waals surface area contributed by atoms with Gasteiger partial charge in [0.25, 0.3) is 11.8 Å². The number of fused-ring (bicyclic) bond motifs is 4. The summed E-state index contributed by atoms with van der Waals surface area (Å²) in [4.78, 5) is 105. The summed E-state index contributed by atoms with van der Waals surface area (Å²) in [5.74, 6) is -0.258. The van der Waals surface area contributed by atoms with Crippen molar-refractivity contribution in [1.29, 1.82) is 0 Å². The molecule has 101 heavy (non-hydrogen) atoms. The maximum absolute atomic E-state index is 14.1. The van der Waals surface area contributed by atoms with Gasteiger partial charge in [-0.25, -0.2) is 0 Å². The molecule has 5 N–H and O–H groups in total. The van der Waals surface area contributed by atoms with Gasteiger partial charge < -0.3 is 97.9 Å². The predicted octanol–water partition coefficient (Wildman–Crippen LogP) is 5.08. The highest BCUT2D eigenvalue weighted by Crippen LogP contribution is 2.45. The minimum Gasteiger partial charge on any atom is -0.493 e. The van der Waals surface area contributed by atoms with Crippen LogP contribution in [0.4, 0.5) is 17.1 Å². The van der Waals surface area contributed by atoms with Gasteiger partial charge in [-0.1, -0.05) is 26.0 Å². The summed E-state index contributed by atoms with van der Waals surface area (Å²) in [7, 11) is 3.05. The van der Waals surface area contributed by atoms with Crippen molar-refractivity contribution < 1.29 is 95.5 Å². The fourth-order valence-electron chi connectivity index (χ4n) is 11.4. The first-order chi connectivity index (χ1) is 49.1. The molecule has 1 saturated carbocycles. The van der Waals surface area contributed by atoms with Gasteiger partial charge in [-0.2, -0.15) is 0 Å². The van der Waals surface area contributed by atoms with E-state index in [1.165, 1.54) is 49.7 Å². The Hall–Kier alpha value is -8.65. The van der Waals surface area contributed by atoms with Crippen molar-refractivity contribution in [3.63, 3.8) is 0 Å². The number of aliphatic imine (C=N–C) groups is 2. The van der Waals surface area contributed by atoms with Gasteiger partial charge in [-0.15, -0.1) is 0 Å². The van der Waals surface area contributed by atoms with Crippen LogP contribution in [-0.2, 0) is 61.9 Å². The molecule has 3 aromatic rings. The molecular weight excluding hydrogens is 1310 g/mol. The van der Waals surface area contributed by atoms with Crippen molar-refractivity contribution in [3.8, 4) is 23.0 Å². The topological polar surface area (TPSA) is 333 Å². The first kappa shape index (κ1) is 76.5. The van der Waals surface area contributed by atoms with E-state index in [9.17, 15) is 38.7 Å². The highest BCUT2D eigenvalue weighted by atomic mass is 16.6. The largest absolute Gasteiger partial charge is 0.493 e. The molecule has 0 spiro atoms. The number of hydrogen-bond donors (Lipinski definition) is 5. The van der Waals surface area contributed by atoms with E-state index in [0.717, 1.165) is 17.6 Å². The van der Waals surface area contributed by atoms with E-state index in [0.29, 0.717) is 169 Å². The summed E-state index contributed by atoms with van der Waals surface area (Å²) in [5.41, 5.74) is 5.34. The van der Waals surface area contributed by atoms with Crippen LogP contribution in [0.1, 0.15) is 92.0 Å². The summed E-state index contributed by atoms with van der Waals surface area (Å²) in [6.07, 6.45) is 13.3. The monoisotopic (exact) mass is 1410 g/mol. The van der Waals surface area contributed by atoms with Crippen molar-refractivity contribution in [2.75, 3.05) is 152 Å². The predicted molar refractivity (Wildman–Crippen MR) is 371 cm³/mol. The van der Waals surface area contributed by atoms with E-state index in [1.54, 1.807) is 73.2 Å². The molecule has 548 valence electrons. The standard InChI is InChI=1S/C72H95N9O20/c1-47(2)68(78-65(83)16-21-92-23-25-94-27-29-96-31-33-98-35-36-99-34-32-97-30-28-95-26-24-93-22-17-73-64(82)15-18-79-66(84)13-14-67(79)85)70(87)76-48(3)69(86)77-53-11-9-50(10-12-53)52-38-55-44-75-59-42-63(61(91-5)40-57(59)72(89)81(55)46-52)101-20-6-19-100-62-41-58-56(39-60(62)90-4)71(88)80-45-51(49-7-8-49)37-54(80)43-74-58/h9-14,39-49,54-55,66,68,84H,6-8,15-38H2,1-5H3,(H,73,82)(H,76,87)(H,77,86)(H,78,83)/t48-,54-,55-,66?,68?/m0/s1. The average Bonchev–Trinajstić information content (AvgIpc) is 1.65. The molecular formula is C72H95N9O20. The Balaban J connectivity index is 0.570. The Morgan fingerprint density at radius 1 is 0.574 bits per heavy atom. The molecule has 5 heterocycles. The van der Waals surface area contributed by atoms with Gasteiger partial charge in [0.05, 0.1) is 168 Å². The molecule has 29 nitrogen and oxygen atoms in total. The molecule has 7 amide bonds. The Morgan fingerprint density at radius 2 is 1.08 bits per heavy atom. The Labute approximate surface area is 588 Å². The quantitative estimate of drug-likeness (QED) is 0.0461. The van der Waals surface area contributed by atoms with Crippen LogP contribution >= 0.6 is 0 Å². The molecule has 5 aliphatic heterocycles. The van der Waals surface area contributed by atoms with E-state index in [1.807, 2.05) is 30.7 Å². The zero-order valence-electron chi connectivity index (χ0n) is 58.2. The molecule has 0 saturated heterocycles. The maximum atomic E-state index is 14.1. The maximum Gasteiger partial charge on any atom is 0.260 e. The molecule has 29 heteroatoms. The minimum absolute atomic E-state index is 0.0160. The molecule has 6 aliphatic rings. The van der Waals surface area contributed by atoms with Crippen molar-refractivity contribution >= 4 is 76.4 Å². The lowest BCUT2D eigenvalue weighted by Gasteiger charge is -2.24. The third-order valence-electron chi connectivity index (χ3n) is 17.1. The highest BCUT2D eigenvalue weighted by Gasteiger charge is 2.39. The highest BCUT2D eigenvalue weighted by molar-refractivity contribution is 6.06. The smallest absolute Gasteiger partial charge is 0.260 e. The summed E-state index contributed by atoms with van der Waals surface area (Å²) >= 11 is 0. The SMILES string of the molecule is COc1cc2c(cc1OCCCOc1cc3c(cc1OC)C(=O)N1C=C(C4CC4)C[C@H]1C=N3)N=C[C@@H]1CC(c3ccc(NC(=O)[C@H](C)NC(=O)C(NC(=O)CCOCCOCCOCCOCCOCCOCCOCCOCCNC(=O)CCN4C(=O)C=CC4O)C(C)C)cc3)=CN1C2=O. The zero-order chi connectivity index (χ0) is 71.5. The van der Waals surface area contributed by atoms with Crippen LogP contribution < -0.4 is 40.2 Å². The first-order valence-corrected chi connectivity index (χ1v) is 34.5. The van der Waals surface area contributed by atoms with Crippen molar-refractivity contribution in [2.45, 2.75) is 96.1 Å². The van der Waals surface area contributed by atoms with Crippen molar-refractivity contribution in [3.05, 3.63) is 95.3 Å². The summed E-state index contributed by atoms with van der Waals surface area (Å²) in [5, 5.41) is 20.7. The minimum atomic E-state index is -0.983. The number of anilines is 1. The average molecular weight is 1410 g/mol. The van der Waals surface area contributed by atoms with Crippen molar-refractivity contribution in [1.82, 2.24) is 30.7 Å². The van der Waals surface area contributed by atoms with Gasteiger partial charge in [0.1, 0.15) is 18.3 Å². The Bertz CT molecular complexity index is 3470. The second kappa shape index (κ2) is 39.5. The summed E-state index contributed by atoms with van der Waals surface area (Å²) in [6.45, 7) is 11.9. The van der Waals surface area contributed by atoms with Gasteiger partial charge in [0.15, 0.2) is 23.0 Å². The number of nitrogens with one attached hydrogen (secondary N) is 4. The number of carbonyl (C=O) groups is 7. The number of hydrogen-bond acceptors (Lipinski definition) is 22. The van der Waals surface area contributed by atoms with Gasteiger partial charge >= 0.3 is 0 Å². The molecule has 0 radical (unpaired) electrons. The molecule has 1 aliphatic carbocycles. The number of aliphatic hydroxyl groups is 1. The van der Waals surface area contributed by atoms with Gasteiger partial charge in [-0.3, -0.25) is 43.5 Å². The molecule has 1 fully saturated rings. The zero-order valence-corrected chi connectivity index (χ0v) is 58.2. The summed E-state index contributed by atoms with van der Waals surface area (Å²) < 4.78 is 67.8. The van der Waals surface area contributed by atoms with Crippen LogP contribution in [0.3, 0.4) is 0 Å². The van der Waals surface area contributed by atoms with Crippen LogP contribution in [0.15, 0.2) is 88.6 Å². The number of carbonyl (C=O) groups excluding carboxylic acids is 7. The van der Waals surface area contributed by atoms with E-state index in [-0.39, 0.29) is 93.4 Å². The second-order valence-corrected chi connectivity index (χ2v) is 24.9. The van der Waals surface area contributed by atoms with Crippen LogP contribution in [0, 0.1) is 11.8 Å². The van der Waals surface area contributed by atoms with Gasteiger partial charge in [0, 0.05) is 87.5 Å². The third-order valence-corrected chi connectivity index (χ3v) is 17.1. The molecule has 3 aromatic carbocycles. The lowest BCUT2D eigenvalue weighted by atomic mass is 10.0. The van der Waals surface area contributed by atoms with E-state index >= 15 is 0 Å². The molecule has 0 aromatic heterocycles. The molecule has 2 unspecified atom stereocenters. The van der Waals surface area contributed by atoms with Crippen LogP contribution in [0.5, 0.6) is 23.0 Å². The van der Waals surface area contributed by atoms with E-state index < -0.39 is 30.1 Å². The van der Waals surface area contributed by atoms with Gasteiger partial charge in [-0.05, 0) is 85.1 Å². The second-order valence-electron chi connectivity index (χ2n) is 24.9. The molecule has 0 bridgehead atoms. The number of methoxy groups -OCH3 is 2.